The molecule has 1 aliphatic rings. The summed E-state index contributed by atoms with van der Waals surface area (Å²) in [5.41, 5.74) is 3.50. The topological polar surface area (TPSA) is 80.2 Å². The first-order valence-electron chi connectivity index (χ1n) is 10.8. The predicted octanol–water partition coefficient (Wildman–Crippen LogP) is 4.75. The molecule has 0 bridgehead atoms. The maximum Gasteiger partial charge on any atom is 0.419 e. The minimum atomic E-state index is -0.620. The van der Waals surface area contributed by atoms with E-state index in [4.69, 9.17) is 4.74 Å². The van der Waals surface area contributed by atoms with Gasteiger partial charge in [0, 0.05) is 42.6 Å². The first kappa shape index (κ1) is 21.2. The molecule has 0 saturated carbocycles. The van der Waals surface area contributed by atoms with Gasteiger partial charge in [0.1, 0.15) is 11.3 Å². The highest BCUT2D eigenvalue weighted by molar-refractivity contribution is 5.96. The van der Waals surface area contributed by atoms with Gasteiger partial charge in [-0.2, -0.15) is 5.10 Å². The van der Waals surface area contributed by atoms with Gasteiger partial charge in [0.25, 0.3) is 0 Å². The molecule has 4 rings (SSSR count). The molecule has 0 aliphatic carbocycles. The minimum absolute atomic E-state index is 0.153. The number of fused-ring (bicyclic) bond motifs is 2. The van der Waals surface area contributed by atoms with Crippen molar-refractivity contribution in [1.82, 2.24) is 19.7 Å². The molecule has 7 nitrogen and oxygen atoms in total. The number of amides is 1. The van der Waals surface area contributed by atoms with Gasteiger partial charge in [-0.25, -0.2) is 9.36 Å². The number of H-pyrrole nitrogens is 1. The second-order valence-corrected chi connectivity index (χ2v) is 9.60. The van der Waals surface area contributed by atoms with Crippen molar-refractivity contribution >= 4 is 22.9 Å². The summed E-state index contributed by atoms with van der Waals surface area (Å²) in [5, 5.41) is 8.63. The van der Waals surface area contributed by atoms with Gasteiger partial charge in [-0.1, -0.05) is 32.0 Å². The number of nitrogens with one attached hydrogen (secondary N) is 1. The van der Waals surface area contributed by atoms with Crippen molar-refractivity contribution in [1.29, 1.82) is 0 Å². The van der Waals surface area contributed by atoms with Crippen LogP contribution in [0.15, 0.2) is 30.3 Å². The van der Waals surface area contributed by atoms with E-state index < -0.39 is 11.7 Å². The average molecular weight is 423 g/mol. The Hall–Kier alpha value is -3.09. The molecule has 0 fully saturated rings. The minimum Gasteiger partial charge on any atom is -0.443 e. The zero-order chi connectivity index (χ0) is 22.3. The maximum absolute atomic E-state index is 13.2. The molecule has 2 aromatic heterocycles. The number of rotatable bonds is 3. The van der Waals surface area contributed by atoms with Crippen LogP contribution in [0.5, 0.6) is 0 Å². The number of hydrogen-bond donors (Lipinski definition) is 1. The van der Waals surface area contributed by atoms with Gasteiger partial charge in [-0.05, 0) is 38.8 Å². The normalized spacial score (nSPS) is 14.2. The zero-order valence-electron chi connectivity index (χ0n) is 18.9. The Morgan fingerprint density at radius 3 is 2.68 bits per heavy atom. The Kier molecular flexibility index (Phi) is 5.37. The molecule has 1 aliphatic heterocycles. The third-order valence-electron chi connectivity index (χ3n) is 5.40. The van der Waals surface area contributed by atoms with Crippen LogP contribution in [0.25, 0.3) is 22.3 Å². The lowest BCUT2D eigenvalue weighted by atomic mass is 10.0. The van der Waals surface area contributed by atoms with Crippen LogP contribution >= 0.6 is 0 Å². The van der Waals surface area contributed by atoms with Crippen molar-refractivity contribution in [3.8, 4) is 11.4 Å². The van der Waals surface area contributed by atoms with Gasteiger partial charge in [-0.15, -0.1) is 0 Å². The van der Waals surface area contributed by atoms with E-state index in [0.717, 1.165) is 28.6 Å². The number of ether oxygens (including phenoxy) is 1. The zero-order valence-corrected chi connectivity index (χ0v) is 18.9. The van der Waals surface area contributed by atoms with Gasteiger partial charge in [0.2, 0.25) is 5.91 Å². The molecule has 7 heteroatoms. The molecule has 1 aromatic carbocycles. The monoisotopic (exact) mass is 422 g/mol. The SMILES string of the molecule is CC(C)CC(=O)N1CCc2[nH]nc(-c3cc4ccccc4n3C(=O)OC(C)(C)C)c2C1. The summed E-state index contributed by atoms with van der Waals surface area (Å²) < 4.78 is 7.29. The quantitative estimate of drug-likeness (QED) is 0.661. The summed E-state index contributed by atoms with van der Waals surface area (Å²) in [4.78, 5) is 27.7. The van der Waals surface area contributed by atoms with E-state index in [9.17, 15) is 9.59 Å². The van der Waals surface area contributed by atoms with E-state index >= 15 is 0 Å². The summed E-state index contributed by atoms with van der Waals surface area (Å²) in [6.45, 7) is 10.8. The Balaban J connectivity index is 1.78. The van der Waals surface area contributed by atoms with Crippen LogP contribution in [-0.2, 0) is 22.5 Å². The molecule has 3 heterocycles. The smallest absolute Gasteiger partial charge is 0.419 e. The number of hydrogen-bond acceptors (Lipinski definition) is 4. The van der Waals surface area contributed by atoms with Crippen molar-refractivity contribution in [2.45, 2.75) is 59.6 Å². The van der Waals surface area contributed by atoms with Crippen molar-refractivity contribution < 1.29 is 14.3 Å². The van der Waals surface area contributed by atoms with Gasteiger partial charge < -0.3 is 9.64 Å². The number of carbonyl (C=O) groups excluding carboxylic acids is 2. The maximum atomic E-state index is 13.2. The molecule has 164 valence electrons. The third-order valence-corrected chi connectivity index (χ3v) is 5.40. The lowest BCUT2D eigenvalue weighted by Crippen LogP contribution is -2.36. The second-order valence-electron chi connectivity index (χ2n) is 9.60. The van der Waals surface area contributed by atoms with E-state index in [2.05, 4.69) is 24.0 Å². The van der Waals surface area contributed by atoms with Gasteiger partial charge >= 0.3 is 6.09 Å². The summed E-state index contributed by atoms with van der Waals surface area (Å²) in [6.07, 6.45) is 0.809. The molecule has 0 unspecified atom stereocenters. The van der Waals surface area contributed by atoms with E-state index in [1.54, 1.807) is 4.57 Å². The molecule has 3 aromatic rings. The van der Waals surface area contributed by atoms with Crippen LogP contribution in [0.4, 0.5) is 4.79 Å². The lowest BCUT2D eigenvalue weighted by molar-refractivity contribution is -0.132. The standard InChI is InChI=1S/C24H30N4O3/c1-15(2)12-21(29)27-11-10-18-17(14-27)22(26-25-18)20-13-16-8-6-7-9-19(16)28(20)23(30)31-24(3,4)5/h6-9,13,15H,10-12,14H2,1-5H3,(H,25,26). The number of nitrogens with zero attached hydrogens (tertiary/aromatic N) is 3. The fourth-order valence-corrected chi connectivity index (χ4v) is 4.03. The molecule has 31 heavy (non-hydrogen) atoms. The van der Waals surface area contributed by atoms with Crippen molar-refractivity contribution in [2.24, 2.45) is 5.92 Å². The average Bonchev–Trinajstić information content (AvgIpc) is 3.26. The van der Waals surface area contributed by atoms with Crippen LogP contribution in [0.3, 0.4) is 0 Å². The molecule has 0 radical (unpaired) electrons. The number of aromatic nitrogens is 3. The fraction of sp³-hybridized carbons (Fsp3) is 0.458. The number of benzene rings is 1. The lowest BCUT2D eigenvalue weighted by Gasteiger charge is -2.28. The Morgan fingerprint density at radius 2 is 1.97 bits per heavy atom. The molecule has 1 amide bonds. The van der Waals surface area contributed by atoms with Crippen LogP contribution in [-0.4, -0.2) is 43.8 Å². The first-order chi connectivity index (χ1) is 14.6. The molecule has 0 atom stereocenters. The Morgan fingerprint density at radius 1 is 1.23 bits per heavy atom. The van der Waals surface area contributed by atoms with E-state index in [0.29, 0.717) is 36.8 Å². The Bertz CT molecular complexity index is 1130. The van der Waals surface area contributed by atoms with Gasteiger partial charge in [-0.3, -0.25) is 9.89 Å². The Labute approximate surface area is 182 Å². The highest BCUT2D eigenvalue weighted by Gasteiger charge is 2.29. The van der Waals surface area contributed by atoms with Crippen molar-refractivity contribution in [2.75, 3.05) is 6.54 Å². The van der Waals surface area contributed by atoms with Crippen LogP contribution in [0.2, 0.25) is 0 Å². The summed E-state index contributed by atoms with van der Waals surface area (Å²) in [6, 6.07) is 9.68. The van der Waals surface area contributed by atoms with Gasteiger partial charge in [0.05, 0.1) is 11.2 Å². The number of para-hydroxylation sites is 1. The molecular weight excluding hydrogens is 392 g/mol. The summed E-state index contributed by atoms with van der Waals surface area (Å²) in [5.74, 6) is 0.466. The van der Waals surface area contributed by atoms with Crippen molar-refractivity contribution in [3.05, 3.63) is 41.6 Å². The first-order valence-corrected chi connectivity index (χ1v) is 10.8. The van der Waals surface area contributed by atoms with E-state index in [-0.39, 0.29) is 5.91 Å². The van der Waals surface area contributed by atoms with Crippen LogP contribution < -0.4 is 0 Å². The highest BCUT2D eigenvalue weighted by atomic mass is 16.6. The molecule has 0 saturated heterocycles. The number of aromatic amines is 1. The second kappa shape index (κ2) is 7.87. The van der Waals surface area contributed by atoms with Crippen LogP contribution in [0, 0.1) is 5.92 Å². The fourth-order valence-electron chi connectivity index (χ4n) is 4.03. The largest absolute Gasteiger partial charge is 0.443 e. The summed E-state index contributed by atoms with van der Waals surface area (Å²) in [7, 11) is 0. The predicted molar refractivity (Wildman–Crippen MR) is 120 cm³/mol. The summed E-state index contributed by atoms with van der Waals surface area (Å²) >= 11 is 0. The third kappa shape index (κ3) is 4.22. The van der Waals surface area contributed by atoms with Crippen LogP contribution in [0.1, 0.15) is 52.3 Å². The van der Waals surface area contributed by atoms with Gasteiger partial charge in [0.15, 0.2) is 0 Å². The molecular formula is C24H30N4O3. The number of carbonyl (C=O) groups is 2. The molecule has 0 spiro atoms. The molecule has 1 N–H and O–H groups in total. The van der Waals surface area contributed by atoms with E-state index in [1.165, 1.54) is 0 Å². The highest BCUT2D eigenvalue weighted by Crippen LogP contribution is 2.33. The van der Waals surface area contributed by atoms with Crippen molar-refractivity contribution in [3.63, 3.8) is 0 Å². The van der Waals surface area contributed by atoms with E-state index in [1.807, 2.05) is 56.0 Å².